The van der Waals surface area contributed by atoms with Crippen LogP contribution >= 0.6 is 0 Å². The van der Waals surface area contributed by atoms with Gasteiger partial charge in [-0.1, -0.05) is 25.7 Å². The third-order valence-corrected chi connectivity index (χ3v) is 2.03. The molecule has 0 aliphatic rings. The first-order chi connectivity index (χ1) is 6.63. The SMILES string of the molecule is O=C(O)CCCCCCCCC(=O)O.[AlH3].[Ni]. The van der Waals surface area contributed by atoms with Crippen LogP contribution in [0.15, 0.2) is 0 Å². The van der Waals surface area contributed by atoms with Gasteiger partial charge in [0.25, 0.3) is 0 Å². The molecule has 0 saturated heterocycles. The molecule has 2 N–H and O–H groups in total. The zero-order chi connectivity index (χ0) is 10.8. The van der Waals surface area contributed by atoms with Crippen molar-refractivity contribution in [3.63, 3.8) is 0 Å². The molecule has 16 heavy (non-hydrogen) atoms. The van der Waals surface area contributed by atoms with Gasteiger partial charge in [-0.15, -0.1) is 0 Å². The van der Waals surface area contributed by atoms with Crippen LogP contribution in [0.4, 0.5) is 0 Å². The normalized spacial score (nSPS) is 8.75. The van der Waals surface area contributed by atoms with E-state index in [0.29, 0.717) is 0 Å². The van der Waals surface area contributed by atoms with E-state index in [1.54, 1.807) is 0 Å². The molecule has 98 valence electrons. The molecule has 0 rings (SSSR count). The molecule has 0 aliphatic carbocycles. The van der Waals surface area contributed by atoms with Gasteiger partial charge in [0.2, 0.25) is 0 Å². The van der Waals surface area contributed by atoms with Gasteiger partial charge >= 0.3 is 11.9 Å². The topological polar surface area (TPSA) is 74.6 Å². The van der Waals surface area contributed by atoms with Gasteiger partial charge in [-0.2, -0.15) is 0 Å². The number of hydrogen-bond acceptors (Lipinski definition) is 2. The number of carboxylic acids is 2. The summed E-state index contributed by atoms with van der Waals surface area (Å²) in [5.74, 6) is -1.48. The predicted molar refractivity (Wildman–Crippen MR) is 62.1 cm³/mol. The van der Waals surface area contributed by atoms with Crippen molar-refractivity contribution >= 4 is 29.3 Å². The van der Waals surface area contributed by atoms with Crippen LogP contribution < -0.4 is 0 Å². The Labute approximate surface area is 117 Å². The summed E-state index contributed by atoms with van der Waals surface area (Å²) in [5.41, 5.74) is 0. The molecular weight excluding hydrogens is 270 g/mol. The number of carboxylic acid groups (broad SMARTS) is 2. The third-order valence-electron chi connectivity index (χ3n) is 2.03. The van der Waals surface area contributed by atoms with E-state index in [0.717, 1.165) is 38.5 Å². The maximum Gasteiger partial charge on any atom is 0.303 e. The van der Waals surface area contributed by atoms with E-state index in [1.807, 2.05) is 0 Å². The van der Waals surface area contributed by atoms with Gasteiger partial charge in [0.1, 0.15) is 0 Å². The van der Waals surface area contributed by atoms with Crippen LogP contribution in [0.1, 0.15) is 51.4 Å². The summed E-state index contributed by atoms with van der Waals surface area (Å²) >= 11 is 0. The van der Waals surface area contributed by atoms with Gasteiger partial charge in [-0.05, 0) is 12.8 Å². The number of unbranched alkanes of at least 4 members (excludes halogenated alkanes) is 5. The molecule has 0 heterocycles. The maximum absolute atomic E-state index is 10.1. The third kappa shape index (κ3) is 19.5. The van der Waals surface area contributed by atoms with Crippen LogP contribution in [0.5, 0.6) is 0 Å². The van der Waals surface area contributed by atoms with Crippen molar-refractivity contribution < 1.29 is 36.3 Å². The molecule has 0 bridgehead atoms. The first-order valence-corrected chi connectivity index (χ1v) is 5.06. The summed E-state index contributed by atoms with van der Waals surface area (Å²) < 4.78 is 0. The Balaban J connectivity index is -0.000000845. The fourth-order valence-corrected chi connectivity index (χ4v) is 1.26. The van der Waals surface area contributed by atoms with Gasteiger partial charge in [0.15, 0.2) is 17.4 Å². The van der Waals surface area contributed by atoms with E-state index >= 15 is 0 Å². The van der Waals surface area contributed by atoms with Crippen molar-refractivity contribution in [1.82, 2.24) is 0 Å². The molecule has 0 fully saturated rings. The average molecular weight is 291 g/mol. The van der Waals surface area contributed by atoms with Crippen molar-refractivity contribution in [2.45, 2.75) is 51.4 Å². The second kappa shape index (κ2) is 15.0. The predicted octanol–water partition coefficient (Wildman–Crippen LogP) is 1.09. The van der Waals surface area contributed by atoms with E-state index in [4.69, 9.17) is 10.2 Å². The minimum atomic E-state index is -0.740. The standard InChI is InChI=1S/C10H18O4.Al.Ni.3H/c11-9(12)7-5-3-1-2-4-6-8-10(13)14;;;;;/h1-8H2,(H,11,12)(H,13,14);;;;;. The quantitative estimate of drug-likeness (QED) is 0.492. The first kappa shape index (κ1) is 21.3. The van der Waals surface area contributed by atoms with Gasteiger partial charge < -0.3 is 10.2 Å². The molecule has 0 amide bonds. The van der Waals surface area contributed by atoms with Crippen LogP contribution in [0.25, 0.3) is 0 Å². The summed E-state index contributed by atoms with van der Waals surface area (Å²) in [6.07, 6.45) is 5.82. The van der Waals surface area contributed by atoms with Gasteiger partial charge in [0, 0.05) is 29.3 Å². The van der Waals surface area contributed by atoms with E-state index in [9.17, 15) is 9.59 Å². The molecule has 4 nitrogen and oxygen atoms in total. The van der Waals surface area contributed by atoms with Crippen molar-refractivity contribution in [3.8, 4) is 0 Å². The summed E-state index contributed by atoms with van der Waals surface area (Å²) in [6.45, 7) is 0. The van der Waals surface area contributed by atoms with Crippen molar-refractivity contribution in [2.75, 3.05) is 0 Å². The Kier molecular flexibility index (Phi) is 19.9. The Bertz CT molecular complexity index is 168. The molecular formula is C10H21AlNiO4. The molecule has 0 atom stereocenters. The summed E-state index contributed by atoms with van der Waals surface area (Å²) in [4.78, 5) is 20.3. The minimum absolute atomic E-state index is 0. The summed E-state index contributed by atoms with van der Waals surface area (Å²) in [5, 5.41) is 16.7. The van der Waals surface area contributed by atoms with E-state index < -0.39 is 11.9 Å². The van der Waals surface area contributed by atoms with Crippen LogP contribution in [0.2, 0.25) is 0 Å². The van der Waals surface area contributed by atoms with Crippen LogP contribution in [-0.4, -0.2) is 39.5 Å². The van der Waals surface area contributed by atoms with Crippen molar-refractivity contribution in [1.29, 1.82) is 0 Å². The molecule has 0 aliphatic heterocycles. The molecule has 0 aromatic carbocycles. The monoisotopic (exact) mass is 290 g/mol. The van der Waals surface area contributed by atoms with Crippen molar-refractivity contribution in [3.05, 3.63) is 0 Å². The number of rotatable bonds is 9. The molecule has 0 radical (unpaired) electrons. The Morgan fingerprint density at radius 1 is 0.688 bits per heavy atom. The minimum Gasteiger partial charge on any atom is -0.481 e. The molecule has 0 aromatic rings. The van der Waals surface area contributed by atoms with E-state index in [1.165, 1.54) is 0 Å². The van der Waals surface area contributed by atoms with Crippen LogP contribution in [-0.2, 0) is 26.1 Å². The van der Waals surface area contributed by atoms with Crippen LogP contribution in [0, 0.1) is 0 Å². The fourth-order valence-electron chi connectivity index (χ4n) is 1.26. The van der Waals surface area contributed by atoms with Crippen molar-refractivity contribution in [2.24, 2.45) is 0 Å². The first-order valence-electron chi connectivity index (χ1n) is 5.06. The Morgan fingerprint density at radius 2 is 0.938 bits per heavy atom. The number of hydrogen-bond donors (Lipinski definition) is 2. The molecule has 0 unspecified atom stereocenters. The smallest absolute Gasteiger partial charge is 0.303 e. The van der Waals surface area contributed by atoms with E-state index in [2.05, 4.69) is 0 Å². The molecule has 0 spiro atoms. The van der Waals surface area contributed by atoms with Gasteiger partial charge in [0.05, 0.1) is 0 Å². The largest absolute Gasteiger partial charge is 0.481 e. The van der Waals surface area contributed by atoms with E-state index in [-0.39, 0.29) is 46.7 Å². The summed E-state index contributed by atoms with van der Waals surface area (Å²) in [6, 6.07) is 0. The maximum atomic E-state index is 10.1. The zero-order valence-corrected chi connectivity index (χ0v) is 9.67. The molecule has 0 aromatic heterocycles. The second-order valence-electron chi connectivity index (χ2n) is 3.41. The van der Waals surface area contributed by atoms with Crippen LogP contribution in [0.3, 0.4) is 0 Å². The molecule has 0 saturated carbocycles. The fraction of sp³-hybridized carbons (Fsp3) is 0.800. The van der Waals surface area contributed by atoms with Gasteiger partial charge in [-0.25, -0.2) is 0 Å². The molecule has 6 heteroatoms. The second-order valence-corrected chi connectivity index (χ2v) is 3.41. The Morgan fingerprint density at radius 3 is 1.19 bits per heavy atom. The summed E-state index contributed by atoms with van der Waals surface area (Å²) in [7, 11) is 0. The average Bonchev–Trinajstić information content (AvgIpc) is 2.08. The Hall–Kier alpha value is -0.0340. The number of aliphatic carboxylic acids is 2. The zero-order valence-electron chi connectivity index (χ0n) is 8.68. The number of carbonyl (C=O) groups is 2. The van der Waals surface area contributed by atoms with Gasteiger partial charge in [-0.3, -0.25) is 9.59 Å².